The summed E-state index contributed by atoms with van der Waals surface area (Å²) in [5.74, 6) is -0.646. The largest absolute Gasteiger partial charge is 0.322 e. The van der Waals surface area contributed by atoms with Crippen molar-refractivity contribution in [2.75, 3.05) is 10.6 Å². The lowest BCUT2D eigenvalue weighted by atomic mass is 9.87. The van der Waals surface area contributed by atoms with E-state index in [0.29, 0.717) is 22.5 Å². The van der Waals surface area contributed by atoms with Crippen LogP contribution in [0.25, 0.3) is 6.08 Å². The molecule has 0 fully saturated rings. The van der Waals surface area contributed by atoms with Crippen molar-refractivity contribution in [3.05, 3.63) is 106 Å². The van der Waals surface area contributed by atoms with Crippen LogP contribution in [0.3, 0.4) is 0 Å². The van der Waals surface area contributed by atoms with Crippen molar-refractivity contribution in [3.8, 4) is 0 Å². The van der Waals surface area contributed by atoms with Gasteiger partial charge >= 0.3 is 0 Å². The van der Waals surface area contributed by atoms with Gasteiger partial charge in [0.25, 0.3) is 11.6 Å². The Hall–Kier alpha value is -4.26. The summed E-state index contributed by atoms with van der Waals surface area (Å²) in [5, 5.41) is 16.4. The molecule has 0 heterocycles. The predicted molar refractivity (Wildman–Crippen MR) is 130 cm³/mol. The normalized spacial score (nSPS) is 11.2. The van der Waals surface area contributed by atoms with E-state index in [2.05, 4.69) is 31.4 Å². The molecule has 168 valence electrons. The standard InChI is InChI=1S/C26H25N3O4/c1-26(2,3)20-13-11-19(12-14-20)25(31)28-22-8-5-7-21(17-22)27-24(30)15-10-18-6-4-9-23(16-18)29(32)33/h4-17H,1-3H3,(H,27,30)(H,28,31)/b15-10+. The molecule has 0 atom stereocenters. The Balaban J connectivity index is 1.63. The molecule has 2 N–H and O–H groups in total. The van der Waals surface area contributed by atoms with Gasteiger partial charge in [-0.05, 0) is 52.9 Å². The third kappa shape index (κ3) is 6.61. The number of carbonyl (C=O) groups excluding carboxylic acids is 2. The van der Waals surface area contributed by atoms with E-state index in [1.54, 1.807) is 48.5 Å². The topological polar surface area (TPSA) is 101 Å². The van der Waals surface area contributed by atoms with Crippen LogP contribution in [0, 0.1) is 10.1 Å². The number of anilines is 2. The lowest BCUT2D eigenvalue weighted by Crippen LogP contribution is -2.14. The van der Waals surface area contributed by atoms with Crippen molar-refractivity contribution in [2.45, 2.75) is 26.2 Å². The average molecular weight is 444 g/mol. The van der Waals surface area contributed by atoms with Crippen LogP contribution in [0.4, 0.5) is 17.1 Å². The van der Waals surface area contributed by atoms with E-state index in [1.807, 2.05) is 12.1 Å². The van der Waals surface area contributed by atoms with Crippen LogP contribution >= 0.6 is 0 Å². The van der Waals surface area contributed by atoms with Crippen LogP contribution in [0.5, 0.6) is 0 Å². The Labute approximate surface area is 192 Å². The summed E-state index contributed by atoms with van der Waals surface area (Å²) in [6.07, 6.45) is 2.79. The SMILES string of the molecule is CC(C)(C)c1ccc(C(=O)Nc2cccc(NC(=O)/C=C/c3cccc([N+](=O)[O-])c3)c2)cc1. The third-order valence-electron chi connectivity index (χ3n) is 4.91. The Kier molecular flexibility index (Phi) is 7.03. The van der Waals surface area contributed by atoms with Gasteiger partial charge < -0.3 is 10.6 Å². The second-order valence-corrected chi connectivity index (χ2v) is 8.54. The van der Waals surface area contributed by atoms with Crippen LogP contribution < -0.4 is 10.6 Å². The number of rotatable bonds is 6. The molecule has 3 rings (SSSR count). The number of nitro groups is 1. The summed E-state index contributed by atoms with van der Waals surface area (Å²) < 4.78 is 0. The fraction of sp³-hybridized carbons (Fsp3) is 0.154. The first kappa shape index (κ1) is 23.4. The van der Waals surface area contributed by atoms with Gasteiger partial charge in [-0.3, -0.25) is 19.7 Å². The second kappa shape index (κ2) is 9.91. The molecule has 3 aromatic rings. The zero-order valence-electron chi connectivity index (χ0n) is 18.7. The van der Waals surface area contributed by atoms with Gasteiger partial charge in [0.05, 0.1) is 4.92 Å². The fourth-order valence-electron chi connectivity index (χ4n) is 3.10. The monoisotopic (exact) mass is 443 g/mol. The van der Waals surface area contributed by atoms with Crippen molar-refractivity contribution in [2.24, 2.45) is 0 Å². The van der Waals surface area contributed by atoms with Crippen LogP contribution in [-0.2, 0) is 10.2 Å². The molecule has 0 bridgehead atoms. The first-order chi connectivity index (χ1) is 15.6. The van der Waals surface area contributed by atoms with Crippen LogP contribution in [0.1, 0.15) is 42.3 Å². The lowest BCUT2D eigenvalue weighted by Gasteiger charge is -2.19. The van der Waals surface area contributed by atoms with Crippen LogP contribution in [0.2, 0.25) is 0 Å². The zero-order chi connectivity index (χ0) is 24.0. The lowest BCUT2D eigenvalue weighted by molar-refractivity contribution is -0.384. The van der Waals surface area contributed by atoms with Gasteiger partial charge in [0.15, 0.2) is 0 Å². The van der Waals surface area contributed by atoms with Gasteiger partial charge in [-0.25, -0.2) is 0 Å². The number of nitrogens with one attached hydrogen (secondary N) is 2. The van der Waals surface area contributed by atoms with Crippen molar-refractivity contribution < 1.29 is 14.5 Å². The summed E-state index contributed by atoms with van der Waals surface area (Å²) >= 11 is 0. The number of non-ortho nitro benzene ring substituents is 1. The Bertz CT molecular complexity index is 1210. The molecule has 33 heavy (non-hydrogen) atoms. The summed E-state index contributed by atoms with van der Waals surface area (Å²) in [6, 6.07) is 20.3. The van der Waals surface area contributed by atoms with Crippen molar-refractivity contribution in [1.82, 2.24) is 0 Å². The molecule has 0 aromatic heterocycles. The molecule has 2 amide bonds. The smallest absolute Gasteiger partial charge is 0.270 e. The Morgan fingerprint density at radius 3 is 2.15 bits per heavy atom. The summed E-state index contributed by atoms with van der Waals surface area (Å²) in [4.78, 5) is 35.2. The second-order valence-electron chi connectivity index (χ2n) is 8.54. The molecule has 3 aromatic carbocycles. The highest BCUT2D eigenvalue weighted by Crippen LogP contribution is 2.23. The van der Waals surface area contributed by atoms with Crippen LogP contribution in [0.15, 0.2) is 78.9 Å². The summed E-state index contributed by atoms with van der Waals surface area (Å²) in [7, 11) is 0. The van der Waals surface area contributed by atoms with E-state index in [9.17, 15) is 19.7 Å². The van der Waals surface area contributed by atoms with E-state index in [-0.39, 0.29) is 17.0 Å². The molecule has 0 spiro atoms. The number of hydrogen-bond acceptors (Lipinski definition) is 4. The minimum absolute atomic E-state index is 0.00518. The number of carbonyl (C=O) groups is 2. The molecule has 0 aliphatic heterocycles. The van der Waals surface area contributed by atoms with Gasteiger partial charge in [-0.15, -0.1) is 0 Å². The molecule has 0 saturated heterocycles. The maximum atomic E-state index is 12.6. The minimum atomic E-state index is -0.490. The van der Waals surface area contributed by atoms with Crippen molar-refractivity contribution >= 4 is 35.0 Å². The molecule has 0 aliphatic rings. The first-order valence-electron chi connectivity index (χ1n) is 10.4. The Morgan fingerprint density at radius 2 is 1.52 bits per heavy atom. The van der Waals surface area contributed by atoms with Crippen molar-refractivity contribution in [1.29, 1.82) is 0 Å². The van der Waals surface area contributed by atoms with Gasteiger partial charge in [-0.1, -0.05) is 51.1 Å². The maximum absolute atomic E-state index is 12.6. The molecule has 0 saturated carbocycles. The fourth-order valence-corrected chi connectivity index (χ4v) is 3.10. The highest BCUT2D eigenvalue weighted by Gasteiger charge is 2.14. The molecule has 7 nitrogen and oxygen atoms in total. The molecule has 7 heteroatoms. The first-order valence-corrected chi connectivity index (χ1v) is 10.4. The zero-order valence-corrected chi connectivity index (χ0v) is 18.7. The highest BCUT2D eigenvalue weighted by atomic mass is 16.6. The Morgan fingerprint density at radius 1 is 0.879 bits per heavy atom. The van der Waals surface area contributed by atoms with Crippen LogP contribution in [-0.4, -0.2) is 16.7 Å². The molecule has 0 aliphatic carbocycles. The van der Waals surface area contributed by atoms with E-state index >= 15 is 0 Å². The van der Waals surface area contributed by atoms with Crippen molar-refractivity contribution in [3.63, 3.8) is 0 Å². The van der Waals surface area contributed by atoms with E-state index in [4.69, 9.17) is 0 Å². The molecule has 0 unspecified atom stereocenters. The summed E-state index contributed by atoms with van der Waals surface area (Å²) in [5.41, 5.74) is 3.22. The molecule has 0 radical (unpaired) electrons. The molecular weight excluding hydrogens is 418 g/mol. The number of amides is 2. The van der Waals surface area contributed by atoms with E-state index in [0.717, 1.165) is 5.56 Å². The van der Waals surface area contributed by atoms with Gasteiger partial charge in [0, 0.05) is 35.1 Å². The third-order valence-corrected chi connectivity index (χ3v) is 4.91. The van der Waals surface area contributed by atoms with Gasteiger partial charge in [-0.2, -0.15) is 0 Å². The number of hydrogen-bond donors (Lipinski definition) is 2. The number of nitrogens with zero attached hydrogens (tertiary/aromatic N) is 1. The van der Waals surface area contributed by atoms with Gasteiger partial charge in [0.2, 0.25) is 5.91 Å². The van der Waals surface area contributed by atoms with E-state index in [1.165, 1.54) is 24.3 Å². The quantitative estimate of drug-likeness (QED) is 0.286. The average Bonchev–Trinajstić information content (AvgIpc) is 2.77. The number of benzene rings is 3. The van der Waals surface area contributed by atoms with E-state index < -0.39 is 10.8 Å². The minimum Gasteiger partial charge on any atom is -0.322 e. The highest BCUT2D eigenvalue weighted by molar-refractivity contribution is 6.05. The maximum Gasteiger partial charge on any atom is 0.270 e. The summed E-state index contributed by atoms with van der Waals surface area (Å²) in [6.45, 7) is 6.34. The molecular formula is C26H25N3O4. The van der Waals surface area contributed by atoms with Gasteiger partial charge in [0.1, 0.15) is 0 Å². The predicted octanol–water partition coefficient (Wildman–Crippen LogP) is 5.80. The number of nitro benzene ring substituents is 1.